The highest BCUT2D eigenvalue weighted by Crippen LogP contribution is 2.33. The topological polar surface area (TPSA) is 60.4 Å². The van der Waals surface area contributed by atoms with Gasteiger partial charge in [0.2, 0.25) is 0 Å². The largest absolute Gasteiger partial charge is 0.493 e. The van der Waals surface area contributed by atoms with E-state index in [9.17, 15) is 5.11 Å². The first-order valence-electron chi connectivity index (χ1n) is 9.03. The number of β-amino-alcohol motifs (C(OH)–C–C–N with tert-alkyl or cyclic N) is 1. The Labute approximate surface area is 149 Å². The Balaban J connectivity index is 1.48. The third kappa shape index (κ3) is 4.85. The lowest BCUT2D eigenvalue weighted by atomic mass is 9.98. The predicted octanol–water partition coefficient (Wildman–Crippen LogP) is 1.62. The summed E-state index contributed by atoms with van der Waals surface area (Å²) in [6.45, 7) is 4.10. The SMILES string of the molecule is COc1cc2c(cc1OC)CN(C[C@H](O)COC[C@H]1CCCO1)CC2. The third-order valence-electron chi connectivity index (χ3n) is 4.90. The Hall–Kier alpha value is -1.34. The number of fused-ring (bicyclic) bond motifs is 1. The summed E-state index contributed by atoms with van der Waals surface area (Å²) < 4.78 is 21.9. The minimum Gasteiger partial charge on any atom is -0.493 e. The number of nitrogens with zero attached hydrogens (tertiary/aromatic N) is 1. The number of hydrogen-bond acceptors (Lipinski definition) is 6. The van der Waals surface area contributed by atoms with Gasteiger partial charge in [0.15, 0.2) is 11.5 Å². The summed E-state index contributed by atoms with van der Waals surface area (Å²) in [7, 11) is 3.31. The number of ether oxygens (including phenoxy) is 4. The van der Waals surface area contributed by atoms with Crippen molar-refractivity contribution in [3.63, 3.8) is 0 Å². The van der Waals surface area contributed by atoms with Crippen LogP contribution in [0.4, 0.5) is 0 Å². The molecule has 1 N–H and O–H groups in total. The quantitative estimate of drug-likeness (QED) is 0.768. The Morgan fingerprint density at radius 3 is 2.68 bits per heavy atom. The monoisotopic (exact) mass is 351 g/mol. The molecule has 2 aliphatic heterocycles. The second-order valence-electron chi connectivity index (χ2n) is 6.79. The summed E-state index contributed by atoms with van der Waals surface area (Å²) in [5.74, 6) is 1.53. The standard InChI is InChI=1S/C19H29NO5/c1-22-18-8-14-5-6-20(10-15(14)9-19(18)23-2)11-16(21)12-24-13-17-4-3-7-25-17/h8-9,16-17,21H,3-7,10-13H2,1-2H3/t16-,17+/m0/s1. The number of rotatable bonds is 8. The zero-order chi connectivity index (χ0) is 17.6. The molecule has 2 atom stereocenters. The molecular formula is C19H29NO5. The van der Waals surface area contributed by atoms with Gasteiger partial charge in [-0.05, 0) is 42.5 Å². The summed E-state index contributed by atoms with van der Waals surface area (Å²) in [4.78, 5) is 2.26. The van der Waals surface area contributed by atoms with E-state index in [4.69, 9.17) is 18.9 Å². The number of aliphatic hydroxyl groups is 1. The van der Waals surface area contributed by atoms with Crippen molar-refractivity contribution in [2.45, 2.75) is 38.0 Å². The zero-order valence-corrected chi connectivity index (χ0v) is 15.2. The van der Waals surface area contributed by atoms with Gasteiger partial charge in [0.25, 0.3) is 0 Å². The van der Waals surface area contributed by atoms with Gasteiger partial charge in [-0.15, -0.1) is 0 Å². The van der Waals surface area contributed by atoms with Crippen molar-refractivity contribution < 1.29 is 24.1 Å². The van der Waals surface area contributed by atoms with Crippen molar-refractivity contribution in [2.75, 3.05) is 47.1 Å². The molecule has 0 unspecified atom stereocenters. The minimum absolute atomic E-state index is 0.205. The van der Waals surface area contributed by atoms with Gasteiger partial charge in [-0.1, -0.05) is 0 Å². The van der Waals surface area contributed by atoms with Gasteiger partial charge in [-0.2, -0.15) is 0 Å². The molecule has 3 rings (SSSR count). The summed E-state index contributed by atoms with van der Waals surface area (Å²) in [5.41, 5.74) is 2.52. The fourth-order valence-corrected chi connectivity index (χ4v) is 3.56. The maximum Gasteiger partial charge on any atom is 0.161 e. The first-order chi connectivity index (χ1) is 12.2. The molecule has 2 heterocycles. The van der Waals surface area contributed by atoms with Crippen LogP contribution < -0.4 is 9.47 Å². The normalized spacial score (nSPS) is 21.8. The van der Waals surface area contributed by atoms with Gasteiger partial charge in [-0.25, -0.2) is 0 Å². The Bertz CT molecular complexity index is 559. The van der Waals surface area contributed by atoms with E-state index in [1.54, 1.807) is 14.2 Å². The van der Waals surface area contributed by atoms with Crippen LogP contribution in [0.2, 0.25) is 0 Å². The summed E-state index contributed by atoms with van der Waals surface area (Å²) in [5, 5.41) is 10.3. The highest BCUT2D eigenvalue weighted by atomic mass is 16.5. The van der Waals surface area contributed by atoms with Gasteiger partial charge in [0.1, 0.15) is 0 Å². The van der Waals surface area contributed by atoms with Crippen molar-refractivity contribution in [3.8, 4) is 11.5 Å². The zero-order valence-electron chi connectivity index (χ0n) is 15.2. The van der Waals surface area contributed by atoms with Crippen molar-refractivity contribution >= 4 is 0 Å². The third-order valence-corrected chi connectivity index (χ3v) is 4.90. The average Bonchev–Trinajstić information content (AvgIpc) is 3.13. The molecule has 0 saturated carbocycles. The molecular weight excluding hydrogens is 322 g/mol. The molecule has 1 aromatic rings. The highest BCUT2D eigenvalue weighted by Gasteiger charge is 2.22. The molecule has 1 fully saturated rings. The fraction of sp³-hybridized carbons (Fsp3) is 0.684. The molecule has 0 bridgehead atoms. The van der Waals surface area contributed by atoms with Crippen molar-refractivity contribution in [1.29, 1.82) is 0 Å². The fourth-order valence-electron chi connectivity index (χ4n) is 3.56. The summed E-state index contributed by atoms with van der Waals surface area (Å²) in [6.07, 6.45) is 2.83. The predicted molar refractivity (Wildman–Crippen MR) is 94.3 cm³/mol. The van der Waals surface area contributed by atoms with Crippen LogP contribution in [0.1, 0.15) is 24.0 Å². The van der Waals surface area contributed by atoms with E-state index >= 15 is 0 Å². The van der Waals surface area contributed by atoms with Crippen LogP contribution in [-0.2, 0) is 22.4 Å². The minimum atomic E-state index is -0.483. The Morgan fingerprint density at radius 1 is 1.24 bits per heavy atom. The van der Waals surface area contributed by atoms with Crippen LogP contribution >= 0.6 is 0 Å². The molecule has 0 aromatic heterocycles. The van der Waals surface area contributed by atoms with Gasteiger partial charge < -0.3 is 24.1 Å². The highest BCUT2D eigenvalue weighted by molar-refractivity contribution is 5.48. The van der Waals surface area contributed by atoms with E-state index in [-0.39, 0.29) is 6.10 Å². The van der Waals surface area contributed by atoms with E-state index in [1.165, 1.54) is 11.1 Å². The second kappa shape index (κ2) is 8.85. The molecule has 2 aliphatic rings. The van der Waals surface area contributed by atoms with Crippen LogP contribution in [0.5, 0.6) is 11.5 Å². The number of benzene rings is 1. The van der Waals surface area contributed by atoms with Gasteiger partial charge in [0, 0.05) is 26.2 Å². The van der Waals surface area contributed by atoms with E-state index in [0.717, 1.165) is 50.5 Å². The van der Waals surface area contributed by atoms with E-state index < -0.39 is 6.10 Å². The molecule has 140 valence electrons. The van der Waals surface area contributed by atoms with Crippen LogP contribution in [0.15, 0.2) is 12.1 Å². The molecule has 0 spiro atoms. The number of hydrogen-bond donors (Lipinski definition) is 1. The Morgan fingerprint density at radius 2 is 2.00 bits per heavy atom. The van der Waals surface area contributed by atoms with Crippen molar-refractivity contribution in [3.05, 3.63) is 23.3 Å². The number of aliphatic hydroxyl groups excluding tert-OH is 1. The van der Waals surface area contributed by atoms with Crippen molar-refractivity contribution in [1.82, 2.24) is 4.90 Å². The molecule has 6 nitrogen and oxygen atoms in total. The van der Waals surface area contributed by atoms with E-state index in [0.29, 0.717) is 19.8 Å². The lowest BCUT2D eigenvalue weighted by molar-refractivity contribution is -0.0261. The van der Waals surface area contributed by atoms with Crippen molar-refractivity contribution in [2.24, 2.45) is 0 Å². The first-order valence-corrected chi connectivity index (χ1v) is 9.03. The van der Waals surface area contributed by atoms with Gasteiger partial charge in [-0.3, -0.25) is 4.90 Å². The lowest BCUT2D eigenvalue weighted by Gasteiger charge is -2.31. The van der Waals surface area contributed by atoms with Crippen LogP contribution in [0.25, 0.3) is 0 Å². The molecule has 0 aliphatic carbocycles. The molecule has 6 heteroatoms. The first kappa shape index (κ1) is 18.5. The second-order valence-corrected chi connectivity index (χ2v) is 6.79. The maximum absolute atomic E-state index is 10.3. The summed E-state index contributed by atoms with van der Waals surface area (Å²) in [6, 6.07) is 4.10. The Kier molecular flexibility index (Phi) is 6.53. The average molecular weight is 351 g/mol. The van der Waals surface area contributed by atoms with Gasteiger partial charge in [0.05, 0.1) is 39.6 Å². The van der Waals surface area contributed by atoms with E-state index in [1.807, 2.05) is 6.07 Å². The maximum atomic E-state index is 10.3. The van der Waals surface area contributed by atoms with Crippen LogP contribution in [-0.4, -0.2) is 69.3 Å². The smallest absolute Gasteiger partial charge is 0.161 e. The molecule has 1 aromatic carbocycles. The summed E-state index contributed by atoms with van der Waals surface area (Å²) >= 11 is 0. The molecule has 25 heavy (non-hydrogen) atoms. The van der Waals surface area contributed by atoms with Gasteiger partial charge >= 0.3 is 0 Å². The van der Waals surface area contributed by atoms with Crippen LogP contribution in [0, 0.1) is 0 Å². The number of methoxy groups -OCH3 is 2. The lowest BCUT2D eigenvalue weighted by Crippen LogP contribution is -2.38. The molecule has 1 saturated heterocycles. The molecule has 0 radical (unpaired) electrons. The van der Waals surface area contributed by atoms with Crippen LogP contribution in [0.3, 0.4) is 0 Å². The van der Waals surface area contributed by atoms with E-state index in [2.05, 4.69) is 11.0 Å². The molecule has 0 amide bonds.